The van der Waals surface area contributed by atoms with Crippen molar-refractivity contribution < 1.29 is 14.6 Å². The summed E-state index contributed by atoms with van der Waals surface area (Å²) in [7, 11) is 3.10. The van der Waals surface area contributed by atoms with Crippen LogP contribution in [0.25, 0.3) is 0 Å². The van der Waals surface area contributed by atoms with E-state index in [9.17, 15) is 0 Å². The maximum absolute atomic E-state index is 8.80. The first-order valence-electron chi connectivity index (χ1n) is 5.01. The average molecular weight is 246 g/mol. The molecule has 0 spiro atoms. The summed E-state index contributed by atoms with van der Waals surface area (Å²) >= 11 is 0. The second-order valence-corrected chi connectivity index (χ2v) is 3.06. The fraction of sp³-hybridized carbons (Fsp3) is 0.750. The Morgan fingerprint density at radius 1 is 1.18 bits per heavy atom. The van der Waals surface area contributed by atoms with Crippen molar-refractivity contribution in [1.82, 2.24) is 21.3 Å². The molecule has 0 aliphatic carbocycles. The molecule has 1 fully saturated rings. The van der Waals surface area contributed by atoms with Crippen molar-refractivity contribution in [2.75, 3.05) is 34.4 Å². The molecule has 0 unspecified atom stereocenters. The van der Waals surface area contributed by atoms with Crippen LogP contribution in [-0.2, 0) is 9.47 Å². The van der Waals surface area contributed by atoms with Crippen molar-refractivity contribution in [1.29, 1.82) is 0 Å². The summed E-state index contributed by atoms with van der Waals surface area (Å²) in [5.74, 6) is 0.984. The Morgan fingerprint density at radius 3 is 2.12 bits per heavy atom. The zero-order valence-corrected chi connectivity index (χ0v) is 9.86. The Hall–Kier alpha value is -1.42. The molecule has 1 aliphatic rings. The molecule has 17 heavy (non-hydrogen) atoms. The first-order chi connectivity index (χ1) is 8.30. The van der Waals surface area contributed by atoms with Gasteiger partial charge in [-0.2, -0.15) is 0 Å². The largest absolute Gasteiger partial charge is 0.381 e. The van der Waals surface area contributed by atoms with Gasteiger partial charge in [-0.25, -0.2) is 9.98 Å². The van der Waals surface area contributed by atoms with Crippen molar-refractivity contribution in [3.05, 3.63) is 0 Å². The first kappa shape index (κ1) is 13.6. The summed E-state index contributed by atoms with van der Waals surface area (Å²) in [6.07, 6.45) is -0.368. The van der Waals surface area contributed by atoms with Crippen LogP contribution in [0.4, 0.5) is 0 Å². The molecular weight excluding hydrogens is 228 g/mol. The van der Waals surface area contributed by atoms with Gasteiger partial charge in [-0.1, -0.05) is 0 Å². The molecule has 5 N–H and O–H groups in total. The van der Waals surface area contributed by atoms with Crippen LogP contribution in [-0.4, -0.2) is 57.7 Å². The summed E-state index contributed by atoms with van der Waals surface area (Å²) in [4.78, 5) is 8.16. The Balaban J connectivity index is 2.62. The minimum absolute atomic E-state index is 0.181. The number of rotatable bonds is 6. The summed E-state index contributed by atoms with van der Waals surface area (Å²) in [5, 5.41) is 20.4. The third kappa shape index (κ3) is 4.95. The van der Waals surface area contributed by atoms with E-state index >= 15 is 0 Å². The van der Waals surface area contributed by atoms with Crippen LogP contribution in [0, 0.1) is 0 Å². The van der Waals surface area contributed by atoms with E-state index in [1.54, 1.807) is 14.2 Å². The first-order valence-corrected chi connectivity index (χ1v) is 5.01. The molecule has 9 heteroatoms. The van der Waals surface area contributed by atoms with E-state index in [0.29, 0.717) is 11.9 Å². The number of nitrogens with one attached hydrogen (secondary N) is 4. The quantitative estimate of drug-likeness (QED) is 0.330. The van der Waals surface area contributed by atoms with E-state index in [1.807, 2.05) is 0 Å². The van der Waals surface area contributed by atoms with Gasteiger partial charge >= 0.3 is 0 Å². The molecular formula is C8H18N6O3. The minimum atomic E-state index is -0.368. The van der Waals surface area contributed by atoms with Crippen molar-refractivity contribution in [3.63, 3.8) is 0 Å². The number of hydrogen-bond donors (Lipinski definition) is 5. The predicted molar refractivity (Wildman–Crippen MR) is 62.0 cm³/mol. The van der Waals surface area contributed by atoms with Crippen LogP contribution >= 0.6 is 0 Å². The molecule has 0 bridgehead atoms. The molecule has 1 aliphatic heterocycles. The minimum Gasteiger partial charge on any atom is -0.381 e. The number of hydrogen-bond acceptors (Lipinski definition) is 6. The van der Waals surface area contributed by atoms with Gasteiger partial charge in [0, 0.05) is 14.2 Å². The van der Waals surface area contributed by atoms with Crippen molar-refractivity contribution in [2.24, 2.45) is 9.98 Å². The Morgan fingerprint density at radius 2 is 1.71 bits per heavy atom. The van der Waals surface area contributed by atoms with E-state index in [4.69, 9.17) is 14.6 Å². The van der Waals surface area contributed by atoms with Gasteiger partial charge in [0.25, 0.3) is 0 Å². The van der Waals surface area contributed by atoms with Gasteiger partial charge in [0.15, 0.2) is 6.29 Å². The zero-order valence-electron chi connectivity index (χ0n) is 9.86. The lowest BCUT2D eigenvalue weighted by Gasteiger charge is -2.30. The number of nitrogens with zero attached hydrogens (tertiary/aromatic N) is 2. The van der Waals surface area contributed by atoms with Crippen LogP contribution in [0.15, 0.2) is 9.98 Å². The maximum Gasteiger partial charge on any atom is 0.203 e. The van der Waals surface area contributed by atoms with Crippen LogP contribution < -0.4 is 21.3 Å². The Kier molecular flexibility index (Phi) is 6.25. The lowest BCUT2D eigenvalue weighted by atomic mass is 10.6. The molecule has 0 aromatic rings. The molecule has 0 aromatic carbocycles. The summed E-state index contributed by atoms with van der Waals surface area (Å²) in [6.45, 7) is 0.261. The summed E-state index contributed by atoms with van der Waals surface area (Å²) in [5.41, 5.74) is 0. The van der Waals surface area contributed by atoms with Gasteiger partial charge in [0.05, 0.1) is 6.73 Å². The molecule has 0 aromatic heterocycles. The molecule has 1 heterocycles. The number of aliphatic hydroxyl groups excluding tert-OH is 1. The molecule has 98 valence electrons. The smallest absolute Gasteiger partial charge is 0.203 e. The maximum atomic E-state index is 8.80. The second-order valence-electron chi connectivity index (χ2n) is 3.06. The van der Waals surface area contributed by atoms with Crippen molar-refractivity contribution >= 4 is 11.9 Å². The Bertz CT molecular complexity index is 258. The lowest BCUT2D eigenvalue weighted by Crippen LogP contribution is -2.68. The molecule has 0 saturated carbocycles. The van der Waals surface area contributed by atoms with Gasteiger partial charge < -0.3 is 25.2 Å². The van der Waals surface area contributed by atoms with Crippen LogP contribution in [0.2, 0.25) is 0 Å². The number of ether oxygens (including phenoxy) is 2. The predicted octanol–water partition coefficient (Wildman–Crippen LogP) is -2.49. The van der Waals surface area contributed by atoms with Gasteiger partial charge in [0.2, 0.25) is 11.9 Å². The summed E-state index contributed by atoms with van der Waals surface area (Å²) in [6, 6.07) is 0. The molecule has 1 saturated heterocycles. The van der Waals surface area contributed by atoms with E-state index in [2.05, 4.69) is 31.3 Å². The number of aliphatic imine (C=N–C) groups is 2. The number of aliphatic hydroxyl groups is 1. The highest BCUT2D eigenvalue weighted by Gasteiger charge is 2.18. The highest BCUT2D eigenvalue weighted by molar-refractivity contribution is 6.00. The van der Waals surface area contributed by atoms with Crippen LogP contribution in [0.3, 0.4) is 0 Å². The SMILES string of the molecule is COCN=C1NC(=NCOC)NC(NCO)N1. The molecule has 0 amide bonds. The zero-order chi connectivity index (χ0) is 12.5. The lowest BCUT2D eigenvalue weighted by molar-refractivity contribution is 0.204. The standard InChI is InChI=1S/C8H18N6O3/c1-16-4-10-7-12-6(9-3-15)13-8(14-7)11-5-17-2/h6,9,15H,3-5H2,1-2H3,(H3,10,11,12,13,14). The normalized spacial score (nSPS) is 24.3. The van der Waals surface area contributed by atoms with E-state index in [0.717, 1.165) is 0 Å². The number of guanidine groups is 2. The van der Waals surface area contributed by atoms with Gasteiger partial charge in [0.1, 0.15) is 13.5 Å². The highest BCUT2D eigenvalue weighted by atomic mass is 16.5. The van der Waals surface area contributed by atoms with Gasteiger partial charge in [-0.15, -0.1) is 0 Å². The van der Waals surface area contributed by atoms with E-state index in [-0.39, 0.29) is 26.5 Å². The second kappa shape index (κ2) is 7.79. The average Bonchev–Trinajstić information content (AvgIpc) is 2.34. The summed E-state index contributed by atoms with van der Waals surface area (Å²) < 4.78 is 9.67. The molecule has 1 rings (SSSR count). The van der Waals surface area contributed by atoms with Crippen LogP contribution in [0.5, 0.6) is 0 Å². The fourth-order valence-electron chi connectivity index (χ4n) is 1.12. The van der Waals surface area contributed by atoms with Gasteiger partial charge in [-0.05, 0) is 0 Å². The van der Waals surface area contributed by atoms with Crippen molar-refractivity contribution in [2.45, 2.75) is 6.29 Å². The topological polar surface area (TPSA) is 112 Å². The van der Waals surface area contributed by atoms with Gasteiger partial charge in [-0.3, -0.25) is 10.6 Å². The third-order valence-corrected chi connectivity index (χ3v) is 1.80. The monoisotopic (exact) mass is 246 g/mol. The number of methoxy groups -OCH3 is 2. The van der Waals surface area contributed by atoms with Crippen molar-refractivity contribution in [3.8, 4) is 0 Å². The third-order valence-electron chi connectivity index (χ3n) is 1.80. The Labute approximate surface area is 99.3 Å². The highest BCUT2D eigenvalue weighted by Crippen LogP contribution is 1.86. The van der Waals surface area contributed by atoms with E-state index < -0.39 is 0 Å². The van der Waals surface area contributed by atoms with Crippen LogP contribution in [0.1, 0.15) is 0 Å². The fourth-order valence-corrected chi connectivity index (χ4v) is 1.12. The molecule has 9 nitrogen and oxygen atoms in total. The molecule has 0 radical (unpaired) electrons. The van der Waals surface area contributed by atoms with E-state index in [1.165, 1.54) is 0 Å². The molecule has 0 atom stereocenters.